The summed E-state index contributed by atoms with van der Waals surface area (Å²) in [6.07, 6.45) is 3.84. The SMILES string of the molecule is CCNCC1CCN(C(=O)c2nnn(-c3ccc4ncccc4c3)c2C)CC1. The van der Waals surface area contributed by atoms with Crippen molar-refractivity contribution < 1.29 is 4.79 Å². The zero-order valence-electron chi connectivity index (χ0n) is 16.4. The minimum atomic E-state index is -0.0203. The molecule has 3 heterocycles. The van der Waals surface area contributed by atoms with Gasteiger partial charge in [0.1, 0.15) is 0 Å². The van der Waals surface area contributed by atoms with Crippen LogP contribution in [0.4, 0.5) is 0 Å². The van der Waals surface area contributed by atoms with E-state index in [9.17, 15) is 4.79 Å². The molecule has 3 aromatic rings. The first kappa shape index (κ1) is 18.6. The normalized spacial score (nSPS) is 15.3. The number of nitrogens with one attached hydrogen (secondary N) is 1. The van der Waals surface area contributed by atoms with Gasteiger partial charge >= 0.3 is 0 Å². The smallest absolute Gasteiger partial charge is 0.276 e. The zero-order chi connectivity index (χ0) is 19.5. The second kappa shape index (κ2) is 8.06. The summed E-state index contributed by atoms with van der Waals surface area (Å²) in [6.45, 7) is 7.61. The van der Waals surface area contributed by atoms with Crippen LogP contribution in [0.1, 0.15) is 35.9 Å². The molecule has 0 bridgehead atoms. The first-order valence-corrected chi connectivity index (χ1v) is 9.95. The number of pyridine rings is 1. The molecule has 1 saturated heterocycles. The summed E-state index contributed by atoms with van der Waals surface area (Å²) in [7, 11) is 0. The van der Waals surface area contributed by atoms with Crippen molar-refractivity contribution in [3.05, 3.63) is 47.9 Å². The van der Waals surface area contributed by atoms with E-state index in [1.165, 1.54) is 0 Å². The second-order valence-corrected chi connectivity index (χ2v) is 7.36. The second-order valence-electron chi connectivity index (χ2n) is 7.36. The van der Waals surface area contributed by atoms with Crippen LogP contribution in [0.5, 0.6) is 0 Å². The van der Waals surface area contributed by atoms with Crippen molar-refractivity contribution in [2.75, 3.05) is 26.2 Å². The molecule has 1 N–H and O–H groups in total. The van der Waals surface area contributed by atoms with Crippen molar-refractivity contribution in [1.29, 1.82) is 0 Å². The van der Waals surface area contributed by atoms with E-state index in [1.807, 2.05) is 42.2 Å². The van der Waals surface area contributed by atoms with Gasteiger partial charge in [0.15, 0.2) is 5.69 Å². The van der Waals surface area contributed by atoms with E-state index in [0.717, 1.165) is 61.3 Å². The van der Waals surface area contributed by atoms with E-state index >= 15 is 0 Å². The molecule has 0 radical (unpaired) electrons. The average Bonchev–Trinajstić information content (AvgIpc) is 3.13. The third kappa shape index (κ3) is 3.62. The lowest BCUT2D eigenvalue weighted by atomic mass is 9.96. The number of fused-ring (bicyclic) bond motifs is 1. The standard InChI is InChI=1S/C21H26N6O/c1-3-22-14-16-8-11-26(12-9-16)21(28)20-15(2)27(25-24-20)18-6-7-19-17(13-18)5-4-10-23-19/h4-7,10,13,16,22H,3,8-9,11-12,14H2,1-2H3. The number of carbonyl (C=O) groups excluding carboxylic acids is 1. The number of hydrogen-bond donors (Lipinski definition) is 1. The number of carbonyl (C=O) groups is 1. The Morgan fingerprint density at radius 2 is 2.07 bits per heavy atom. The van der Waals surface area contributed by atoms with Crippen molar-refractivity contribution in [3.8, 4) is 5.69 Å². The Balaban J connectivity index is 1.51. The molecule has 0 spiro atoms. The van der Waals surface area contributed by atoms with Crippen LogP contribution in [0.2, 0.25) is 0 Å². The molecule has 1 aliphatic heterocycles. The number of likely N-dealkylation sites (tertiary alicyclic amines) is 1. The van der Waals surface area contributed by atoms with Crippen LogP contribution in [0.25, 0.3) is 16.6 Å². The molecule has 0 saturated carbocycles. The number of rotatable bonds is 5. The van der Waals surface area contributed by atoms with Gasteiger partial charge in [0, 0.05) is 24.7 Å². The third-order valence-electron chi connectivity index (χ3n) is 5.51. The lowest BCUT2D eigenvalue weighted by molar-refractivity contribution is 0.0683. The van der Waals surface area contributed by atoms with E-state index in [-0.39, 0.29) is 5.91 Å². The molecule has 0 atom stereocenters. The van der Waals surface area contributed by atoms with Gasteiger partial charge < -0.3 is 10.2 Å². The summed E-state index contributed by atoms with van der Waals surface area (Å²) in [5.41, 5.74) is 3.02. The highest BCUT2D eigenvalue weighted by atomic mass is 16.2. The van der Waals surface area contributed by atoms with Gasteiger partial charge in [-0.3, -0.25) is 9.78 Å². The predicted molar refractivity (Wildman–Crippen MR) is 109 cm³/mol. The van der Waals surface area contributed by atoms with Gasteiger partial charge in [-0.1, -0.05) is 18.2 Å². The molecule has 7 heteroatoms. The Bertz CT molecular complexity index is 974. The maximum atomic E-state index is 13.0. The number of hydrogen-bond acceptors (Lipinski definition) is 5. The Hall–Kier alpha value is -2.80. The molecule has 146 valence electrons. The van der Waals surface area contributed by atoms with Crippen molar-refractivity contribution >= 4 is 16.8 Å². The Kier molecular flexibility index (Phi) is 5.34. The number of benzene rings is 1. The highest BCUT2D eigenvalue weighted by molar-refractivity contribution is 5.93. The fourth-order valence-electron chi connectivity index (χ4n) is 3.81. The number of amides is 1. The minimum absolute atomic E-state index is 0.0203. The van der Waals surface area contributed by atoms with Crippen LogP contribution >= 0.6 is 0 Å². The molecular weight excluding hydrogens is 352 g/mol. The molecule has 0 aliphatic carbocycles. The Morgan fingerprint density at radius 3 is 2.86 bits per heavy atom. The van der Waals surface area contributed by atoms with E-state index in [2.05, 4.69) is 27.5 Å². The largest absolute Gasteiger partial charge is 0.337 e. The monoisotopic (exact) mass is 378 g/mol. The lowest BCUT2D eigenvalue weighted by Crippen LogP contribution is -2.41. The van der Waals surface area contributed by atoms with Gasteiger partial charge in [0.25, 0.3) is 5.91 Å². The molecule has 1 amide bonds. The van der Waals surface area contributed by atoms with Gasteiger partial charge in [0.05, 0.1) is 16.9 Å². The van der Waals surface area contributed by atoms with Gasteiger partial charge in [-0.05, 0) is 63.0 Å². The molecule has 4 rings (SSSR count). The Labute approximate surface area is 164 Å². The van der Waals surface area contributed by atoms with Gasteiger partial charge in [-0.2, -0.15) is 0 Å². The molecule has 7 nitrogen and oxygen atoms in total. The zero-order valence-corrected chi connectivity index (χ0v) is 16.4. The number of nitrogens with zero attached hydrogens (tertiary/aromatic N) is 5. The minimum Gasteiger partial charge on any atom is -0.337 e. The highest BCUT2D eigenvalue weighted by Crippen LogP contribution is 2.21. The highest BCUT2D eigenvalue weighted by Gasteiger charge is 2.27. The van der Waals surface area contributed by atoms with Gasteiger partial charge in [-0.25, -0.2) is 4.68 Å². The summed E-state index contributed by atoms with van der Waals surface area (Å²) >= 11 is 0. The van der Waals surface area contributed by atoms with Crippen molar-refractivity contribution in [2.45, 2.75) is 26.7 Å². The predicted octanol–water partition coefficient (Wildman–Crippen LogP) is 2.59. The Morgan fingerprint density at radius 1 is 1.25 bits per heavy atom. The molecular formula is C21H26N6O. The van der Waals surface area contributed by atoms with E-state index < -0.39 is 0 Å². The van der Waals surface area contributed by atoms with E-state index in [0.29, 0.717) is 11.6 Å². The average molecular weight is 378 g/mol. The van der Waals surface area contributed by atoms with Crippen molar-refractivity contribution in [3.63, 3.8) is 0 Å². The molecule has 1 aromatic carbocycles. The van der Waals surface area contributed by atoms with Crippen LogP contribution in [-0.4, -0.2) is 57.0 Å². The summed E-state index contributed by atoms with van der Waals surface area (Å²) in [5, 5.41) is 12.9. The first-order chi connectivity index (χ1) is 13.7. The molecule has 1 aliphatic rings. The molecule has 28 heavy (non-hydrogen) atoms. The third-order valence-corrected chi connectivity index (χ3v) is 5.51. The van der Waals surface area contributed by atoms with Gasteiger partial charge in [-0.15, -0.1) is 5.10 Å². The lowest BCUT2D eigenvalue weighted by Gasteiger charge is -2.31. The van der Waals surface area contributed by atoms with Crippen LogP contribution in [0.3, 0.4) is 0 Å². The van der Waals surface area contributed by atoms with E-state index in [4.69, 9.17) is 0 Å². The van der Waals surface area contributed by atoms with Crippen molar-refractivity contribution in [1.82, 2.24) is 30.2 Å². The molecule has 1 fully saturated rings. The maximum absolute atomic E-state index is 13.0. The van der Waals surface area contributed by atoms with Crippen molar-refractivity contribution in [2.24, 2.45) is 5.92 Å². The van der Waals surface area contributed by atoms with Crippen LogP contribution in [-0.2, 0) is 0 Å². The number of piperidine rings is 1. The maximum Gasteiger partial charge on any atom is 0.276 e. The summed E-state index contributed by atoms with van der Waals surface area (Å²) < 4.78 is 1.73. The fourth-order valence-corrected chi connectivity index (χ4v) is 3.81. The molecule has 2 aromatic heterocycles. The summed E-state index contributed by atoms with van der Waals surface area (Å²) in [5.74, 6) is 0.625. The first-order valence-electron chi connectivity index (χ1n) is 9.95. The number of aromatic nitrogens is 4. The quantitative estimate of drug-likeness (QED) is 0.738. The van der Waals surface area contributed by atoms with Crippen LogP contribution in [0.15, 0.2) is 36.5 Å². The topological polar surface area (TPSA) is 75.9 Å². The van der Waals surface area contributed by atoms with Crippen LogP contribution in [0, 0.1) is 12.8 Å². The van der Waals surface area contributed by atoms with E-state index in [1.54, 1.807) is 10.9 Å². The fraction of sp³-hybridized carbons (Fsp3) is 0.429. The van der Waals surface area contributed by atoms with Crippen LogP contribution < -0.4 is 5.32 Å². The molecule has 0 unspecified atom stereocenters. The summed E-state index contributed by atoms with van der Waals surface area (Å²) in [4.78, 5) is 19.2. The van der Waals surface area contributed by atoms with Gasteiger partial charge in [0.2, 0.25) is 0 Å². The summed E-state index contributed by atoms with van der Waals surface area (Å²) in [6, 6.07) is 9.86.